The zero-order valence-corrected chi connectivity index (χ0v) is 23.6. The molecule has 0 radical (unpaired) electrons. The molecule has 2 aromatic heterocycles. The van der Waals surface area contributed by atoms with Gasteiger partial charge in [0, 0.05) is 24.0 Å². The van der Waals surface area contributed by atoms with E-state index < -0.39 is 6.04 Å². The summed E-state index contributed by atoms with van der Waals surface area (Å²) in [7, 11) is 0. The molecule has 8 heteroatoms. The average molecular weight is 564 g/mol. The molecule has 0 aliphatic carbocycles. The van der Waals surface area contributed by atoms with Crippen molar-refractivity contribution in [2.75, 3.05) is 0 Å². The van der Waals surface area contributed by atoms with Gasteiger partial charge in [-0.3, -0.25) is 4.79 Å². The Kier molecular flexibility index (Phi) is 8.64. The van der Waals surface area contributed by atoms with Gasteiger partial charge in [0.05, 0.1) is 34.8 Å². The quantitative estimate of drug-likeness (QED) is 0.168. The number of aryl methyl sites for hydroxylation is 1. The second kappa shape index (κ2) is 12.7. The molecule has 2 unspecified atom stereocenters. The highest BCUT2D eigenvalue weighted by Gasteiger charge is 2.21. The number of nitriles is 1. The first-order valence-corrected chi connectivity index (χ1v) is 13.7. The van der Waals surface area contributed by atoms with Crippen molar-refractivity contribution in [1.29, 1.82) is 5.26 Å². The van der Waals surface area contributed by atoms with Crippen LogP contribution in [0.25, 0.3) is 11.3 Å². The first-order chi connectivity index (χ1) is 19.9. The smallest absolute Gasteiger partial charge is 0.253 e. The maximum atomic E-state index is 13.5. The van der Waals surface area contributed by atoms with Crippen LogP contribution in [0.15, 0.2) is 95.7 Å². The molecular weight excluding hydrogens is 534 g/mol. The Morgan fingerprint density at radius 2 is 1.85 bits per heavy atom. The standard InChI is InChI=1S/C33H30ClN5O2/c1-21-3-9-25(10-4-21)22(2)38-20-27-12-14-31(41-27)26-11-13-29(34)28(18-26)33(40)39-30(32-36-15-16-37-32)17-23-5-7-24(19-35)8-6-23/h3-16,18,22,30,38H,17,20H2,1-2H3,(H,36,37)(H,39,40). The molecule has 0 spiro atoms. The molecule has 0 aliphatic rings. The van der Waals surface area contributed by atoms with E-state index in [1.165, 1.54) is 11.1 Å². The van der Waals surface area contributed by atoms with E-state index in [0.29, 0.717) is 40.7 Å². The van der Waals surface area contributed by atoms with Gasteiger partial charge in [-0.2, -0.15) is 5.26 Å². The first kappa shape index (κ1) is 27.9. The second-order valence-corrected chi connectivity index (χ2v) is 10.4. The van der Waals surface area contributed by atoms with Crippen molar-refractivity contribution in [3.8, 4) is 17.4 Å². The number of carbonyl (C=O) groups excluding carboxylic acids is 1. The summed E-state index contributed by atoms with van der Waals surface area (Å²) < 4.78 is 6.11. The number of nitrogens with zero attached hydrogens (tertiary/aromatic N) is 2. The van der Waals surface area contributed by atoms with Crippen LogP contribution in [-0.2, 0) is 13.0 Å². The van der Waals surface area contributed by atoms with Crippen molar-refractivity contribution in [2.24, 2.45) is 0 Å². The van der Waals surface area contributed by atoms with Crippen LogP contribution in [0.3, 0.4) is 0 Å². The lowest BCUT2D eigenvalue weighted by atomic mass is 10.0. The number of benzene rings is 3. The Morgan fingerprint density at radius 3 is 2.56 bits per heavy atom. The molecule has 5 rings (SSSR count). The number of H-pyrrole nitrogens is 1. The van der Waals surface area contributed by atoms with E-state index in [2.05, 4.69) is 64.8 Å². The Labute approximate surface area is 244 Å². The Morgan fingerprint density at radius 1 is 1.07 bits per heavy atom. The lowest BCUT2D eigenvalue weighted by Gasteiger charge is -2.18. The van der Waals surface area contributed by atoms with Crippen LogP contribution in [0.4, 0.5) is 0 Å². The fourth-order valence-corrected chi connectivity index (χ4v) is 4.78. The summed E-state index contributed by atoms with van der Waals surface area (Å²) in [4.78, 5) is 20.9. The minimum Gasteiger partial charge on any atom is -0.460 e. The van der Waals surface area contributed by atoms with E-state index in [-0.39, 0.29) is 11.9 Å². The SMILES string of the molecule is Cc1ccc(C(C)NCc2ccc(-c3ccc(Cl)c(C(=O)NC(Cc4ccc(C#N)cc4)c4ncc[nH]4)c3)o2)cc1. The van der Waals surface area contributed by atoms with Gasteiger partial charge in [0.25, 0.3) is 5.91 Å². The number of rotatable bonds is 10. The fourth-order valence-electron chi connectivity index (χ4n) is 4.58. The Hall–Kier alpha value is -4.64. The molecule has 0 aliphatic heterocycles. The maximum Gasteiger partial charge on any atom is 0.253 e. The van der Waals surface area contributed by atoms with Gasteiger partial charge in [-0.15, -0.1) is 0 Å². The van der Waals surface area contributed by atoms with Crippen molar-refractivity contribution < 1.29 is 9.21 Å². The maximum absolute atomic E-state index is 13.5. The number of hydrogen-bond donors (Lipinski definition) is 3. The van der Waals surface area contributed by atoms with Crippen LogP contribution in [-0.4, -0.2) is 15.9 Å². The van der Waals surface area contributed by atoms with Crippen molar-refractivity contribution in [3.63, 3.8) is 0 Å². The minimum atomic E-state index is -0.429. The highest BCUT2D eigenvalue weighted by atomic mass is 35.5. The highest BCUT2D eigenvalue weighted by molar-refractivity contribution is 6.34. The summed E-state index contributed by atoms with van der Waals surface area (Å²) in [6, 6.07) is 26.7. The molecule has 3 N–H and O–H groups in total. The summed E-state index contributed by atoms with van der Waals surface area (Å²) in [5.74, 6) is 1.74. The third kappa shape index (κ3) is 6.93. The van der Waals surface area contributed by atoms with E-state index in [1.54, 1.807) is 36.7 Å². The molecule has 41 heavy (non-hydrogen) atoms. The number of amides is 1. The molecule has 1 amide bonds. The number of carbonyl (C=O) groups is 1. The van der Waals surface area contributed by atoms with Crippen molar-refractivity contribution in [2.45, 2.75) is 38.9 Å². The summed E-state index contributed by atoms with van der Waals surface area (Å²) in [6.07, 6.45) is 3.84. The molecule has 0 bridgehead atoms. The van der Waals surface area contributed by atoms with Crippen LogP contribution in [0.5, 0.6) is 0 Å². The number of halogens is 1. The molecule has 0 fully saturated rings. The Bertz CT molecular complexity index is 1650. The van der Waals surface area contributed by atoms with Crippen LogP contribution < -0.4 is 10.6 Å². The second-order valence-electron chi connectivity index (χ2n) is 9.99. The van der Waals surface area contributed by atoms with Gasteiger partial charge >= 0.3 is 0 Å². The van der Waals surface area contributed by atoms with E-state index in [1.807, 2.05) is 30.3 Å². The van der Waals surface area contributed by atoms with Crippen LogP contribution in [0, 0.1) is 18.3 Å². The normalized spacial score (nSPS) is 12.4. The number of nitrogens with one attached hydrogen (secondary N) is 3. The molecule has 2 heterocycles. The van der Waals surface area contributed by atoms with Crippen molar-refractivity contribution in [3.05, 3.63) is 136 Å². The molecular formula is C33H30ClN5O2. The van der Waals surface area contributed by atoms with E-state index in [4.69, 9.17) is 21.3 Å². The molecule has 7 nitrogen and oxygen atoms in total. The van der Waals surface area contributed by atoms with Crippen LogP contribution in [0.1, 0.15) is 63.2 Å². The molecule has 0 saturated heterocycles. The van der Waals surface area contributed by atoms with Crippen LogP contribution in [0.2, 0.25) is 5.02 Å². The van der Waals surface area contributed by atoms with E-state index >= 15 is 0 Å². The lowest BCUT2D eigenvalue weighted by molar-refractivity contribution is 0.0935. The summed E-state index contributed by atoms with van der Waals surface area (Å²) in [6.45, 7) is 4.76. The number of aromatic nitrogens is 2. The third-order valence-corrected chi connectivity index (χ3v) is 7.32. The van der Waals surface area contributed by atoms with Gasteiger partial charge in [-0.25, -0.2) is 4.98 Å². The zero-order chi connectivity index (χ0) is 28.8. The molecule has 5 aromatic rings. The largest absolute Gasteiger partial charge is 0.460 e. The first-order valence-electron chi connectivity index (χ1n) is 13.4. The summed E-state index contributed by atoms with van der Waals surface area (Å²) in [5.41, 5.74) is 5.06. The molecule has 0 saturated carbocycles. The molecule has 3 aromatic carbocycles. The van der Waals surface area contributed by atoms with Gasteiger partial charge in [0.2, 0.25) is 0 Å². The Balaban J connectivity index is 1.29. The predicted molar refractivity (Wildman–Crippen MR) is 159 cm³/mol. The van der Waals surface area contributed by atoms with E-state index in [9.17, 15) is 4.79 Å². The van der Waals surface area contributed by atoms with E-state index in [0.717, 1.165) is 16.9 Å². The average Bonchev–Trinajstić information content (AvgIpc) is 3.70. The predicted octanol–water partition coefficient (Wildman–Crippen LogP) is 7.07. The number of hydrogen-bond acceptors (Lipinski definition) is 5. The van der Waals surface area contributed by atoms with Gasteiger partial charge in [0.15, 0.2) is 0 Å². The monoisotopic (exact) mass is 563 g/mol. The van der Waals surface area contributed by atoms with Crippen molar-refractivity contribution in [1.82, 2.24) is 20.6 Å². The number of aromatic amines is 1. The van der Waals surface area contributed by atoms with Gasteiger partial charge < -0.3 is 20.0 Å². The minimum absolute atomic E-state index is 0.168. The lowest BCUT2D eigenvalue weighted by Crippen LogP contribution is -2.31. The molecule has 2 atom stereocenters. The topological polar surface area (TPSA) is 107 Å². The highest BCUT2D eigenvalue weighted by Crippen LogP contribution is 2.28. The number of imidazole rings is 1. The zero-order valence-electron chi connectivity index (χ0n) is 22.8. The molecule has 206 valence electrons. The van der Waals surface area contributed by atoms with Gasteiger partial charge in [0.1, 0.15) is 17.3 Å². The van der Waals surface area contributed by atoms with Gasteiger partial charge in [-0.05, 0) is 73.9 Å². The summed E-state index contributed by atoms with van der Waals surface area (Å²) >= 11 is 6.48. The third-order valence-electron chi connectivity index (χ3n) is 6.99. The number of furan rings is 1. The summed E-state index contributed by atoms with van der Waals surface area (Å²) in [5, 5.41) is 16.0. The van der Waals surface area contributed by atoms with Crippen LogP contribution >= 0.6 is 11.6 Å². The van der Waals surface area contributed by atoms with Gasteiger partial charge in [-0.1, -0.05) is 53.6 Å². The van der Waals surface area contributed by atoms with Crippen molar-refractivity contribution >= 4 is 17.5 Å². The fraction of sp³-hybridized carbons (Fsp3) is 0.182.